The Bertz CT molecular complexity index is 331. The molecule has 100 valence electrons. The second kappa shape index (κ2) is 6.88. The third-order valence-electron chi connectivity index (χ3n) is 3.73. The van der Waals surface area contributed by atoms with Gasteiger partial charge in [-0.1, -0.05) is 37.3 Å². The van der Waals surface area contributed by atoms with E-state index in [0.29, 0.717) is 6.04 Å². The molecule has 0 saturated carbocycles. The summed E-state index contributed by atoms with van der Waals surface area (Å²) in [6, 6.07) is 11.1. The van der Waals surface area contributed by atoms with Crippen LogP contribution < -0.4 is 5.73 Å². The van der Waals surface area contributed by atoms with Crippen LogP contribution in [0.1, 0.15) is 18.9 Å². The minimum atomic E-state index is 0.339. The normalized spacial score (nSPS) is 19.9. The summed E-state index contributed by atoms with van der Waals surface area (Å²) in [5.74, 6) is 0. The van der Waals surface area contributed by atoms with Crippen LogP contribution in [0.4, 0.5) is 0 Å². The highest BCUT2D eigenvalue weighted by Crippen LogP contribution is 2.08. The Morgan fingerprint density at radius 3 is 2.28 bits per heavy atom. The molecule has 0 aromatic heterocycles. The zero-order chi connectivity index (χ0) is 12.8. The SMILES string of the molecule is CC[C@H](N)CN1CCN(Cc2ccccc2)CC1. The van der Waals surface area contributed by atoms with Crippen LogP contribution in [0, 0.1) is 0 Å². The van der Waals surface area contributed by atoms with Crippen LogP contribution in [0.15, 0.2) is 30.3 Å². The second-order valence-electron chi connectivity index (χ2n) is 5.23. The standard InChI is InChI=1S/C15H25N3/c1-2-15(16)13-18-10-8-17(9-11-18)12-14-6-4-3-5-7-14/h3-7,15H,2,8-13,16H2,1H3/t15-/m0/s1. The predicted molar refractivity (Wildman–Crippen MR) is 76.4 cm³/mol. The van der Waals surface area contributed by atoms with Gasteiger partial charge in [-0.2, -0.15) is 0 Å². The summed E-state index contributed by atoms with van der Waals surface area (Å²) in [5.41, 5.74) is 7.42. The molecule has 1 aliphatic heterocycles. The van der Waals surface area contributed by atoms with Crippen molar-refractivity contribution in [2.24, 2.45) is 5.73 Å². The summed E-state index contributed by atoms with van der Waals surface area (Å²) in [5, 5.41) is 0. The molecular weight excluding hydrogens is 222 g/mol. The Labute approximate surface area is 111 Å². The summed E-state index contributed by atoms with van der Waals surface area (Å²) in [6.07, 6.45) is 1.07. The molecule has 1 fully saturated rings. The van der Waals surface area contributed by atoms with Crippen molar-refractivity contribution in [3.63, 3.8) is 0 Å². The highest BCUT2D eigenvalue weighted by molar-refractivity contribution is 5.14. The van der Waals surface area contributed by atoms with Crippen molar-refractivity contribution in [1.29, 1.82) is 0 Å². The van der Waals surface area contributed by atoms with E-state index in [4.69, 9.17) is 5.73 Å². The fourth-order valence-electron chi connectivity index (χ4n) is 2.43. The third-order valence-corrected chi connectivity index (χ3v) is 3.73. The van der Waals surface area contributed by atoms with Crippen LogP contribution in [0.3, 0.4) is 0 Å². The van der Waals surface area contributed by atoms with Gasteiger partial charge in [0.15, 0.2) is 0 Å². The summed E-state index contributed by atoms with van der Waals surface area (Å²) in [7, 11) is 0. The van der Waals surface area contributed by atoms with Gasteiger partial charge in [-0.25, -0.2) is 0 Å². The molecular formula is C15H25N3. The summed E-state index contributed by atoms with van der Waals surface area (Å²) in [6.45, 7) is 8.91. The van der Waals surface area contributed by atoms with E-state index in [1.165, 1.54) is 5.56 Å². The van der Waals surface area contributed by atoms with Gasteiger partial charge in [0.1, 0.15) is 0 Å². The fourth-order valence-corrected chi connectivity index (χ4v) is 2.43. The monoisotopic (exact) mass is 247 g/mol. The quantitative estimate of drug-likeness (QED) is 0.856. The molecule has 0 amide bonds. The van der Waals surface area contributed by atoms with Crippen molar-refractivity contribution < 1.29 is 0 Å². The average molecular weight is 247 g/mol. The third kappa shape index (κ3) is 4.09. The molecule has 3 heteroatoms. The van der Waals surface area contributed by atoms with Gasteiger partial charge < -0.3 is 5.73 Å². The fraction of sp³-hybridized carbons (Fsp3) is 0.600. The van der Waals surface area contributed by atoms with Gasteiger partial charge in [0.25, 0.3) is 0 Å². The lowest BCUT2D eigenvalue weighted by molar-refractivity contribution is 0.121. The number of nitrogens with two attached hydrogens (primary N) is 1. The Hall–Kier alpha value is -0.900. The van der Waals surface area contributed by atoms with E-state index in [-0.39, 0.29) is 0 Å². The van der Waals surface area contributed by atoms with Gasteiger partial charge in [0.05, 0.1) is 0 Å². The van der Waals surface area contributed by atoms with Gasteiger partial charge in [-0.3, -0.25) is 9.80 Å². The van der Waals surface area contributed by atoms with E-state index in [1.54, 1.807) is 0 Å². The Kier molecular flexibility index (Phi) is 5.17. The number of rotatable bonds is 5. The molecule has 3 nitrogen and oxygen atoms in total. The van der Waals surface area contributed by atoms with Crippen LogP contribution in [0.25, 0.3) is 0 Å². The molecule has 0 unspecified atom stereocenters. The highest BCUT2D eigenvalue weighted by atomic mass is 15.3. The minimum Gasteiger partial charge on any atom is -0.327 e. The largest absolute Gasteiger partial charge is 0.327 e. The molecule has 0 radical (unpaired) electrons. The molecule has 2 N–H and O–H groups in total. The van der Waals surface area contributed by atoms with Gasteiger partial charge in [0.2, 0.25) is 0 Å². The van der Waals surface area contributed by atoms with E-state index in [0.717, 1.165) is 45.7 Å². The maximum absolute atomic E-state index is 6.01. The maximum atomic E-state index is 6.01. The second-order valence-corrected chi connectivity index (χ2v) is 5.23. The first-order valence-corrected chi connectivity index (χ1v) is 7.02. The molecule has 1 aromatic rings. The molecule has 0 bridgehead atoms. The zero-order valence-electron chi connectivity index (χ0n) is 11.4. The van der Waals surface area contributed by atoms with Crippen LogP contribution in [-0.4, -0.2) is 48.6 Å². The van der Waals surface area contributed by atoms with Crippen molar-refractivity contribution in [2.75, 3.05) is 32.7 Å². The molecule has 2 rings (SSSR count). The first-order chi connectivity index (χ1) is 8.78. The minimum absolute atomic E-state index is 0.339. The number of nitrogens with zero attached hydrogens (tertiary/aromatic N) is 2. The maximum Gasteiger partial charge on any atom is 0.0234 e. The first kappa shape index (κ1) is 13.5. The van der Waals surface area contributed by atoms with Crippen LogP contribution >= 0.6 is 0 Å². The topological polar surface area (TPSA) is 32.5 Å². The van der Waals surface area contributed by atoms with Gasteiger partial charge in [-0.15, -0.1) is 0 Å². The summed E-state index contributed by atoms with van der Waals surface area (Å²) < 4.78 is 0. The Morgan fingerprint density at radius 2 is 1.67 bits per heavy atom. The summed E-state index contributed by atoms with van der Waals surface area (Å²) >= 11 is 0. The number of hydrogen-bond acceptors (Lipinski definition) is 3. The van der Waals surface area contributed by atoms with E-state index < -0.39 is 0 Å². The molecule has 1 aromatic carbocycles. The Morgan fingerprint density at radius 1 is 1.06 bits per heavy atom. The lowest BCUT2D eigenvalue weighted by atomic mass is 10.2. The lowest BCUT2D eigenvalue weighted by Crippen LogP contribution is -2.49. The van der Waals surface area contributed by atoms with Crippen LogP contribution in [0.5, 0.6) is 0 Å². The van der Waals surface area contributed by atoms with Crippen molar-refractivity contribution in [3.8, 4) is 0 Å². The van der Waals surface area contributed by atoms with Gasteiger partial charge in [-0.05, 0) is 12.0 Å². The number of piperazine rings is 1. The highest BCUT2D eigenvalue weighted by Gasteiger charge is 2.17. The van der Waals surface area contributed by atoms with Gasteiger partial charge in [0, 0.05) is 45.3 Å². The molecule has 0 aliphatic carbocycles. The van der Waals surface area contributed by atoms with Crippen molar-refractivity contribution in [2.45, 2.75) is 25.9 Å². The predicted octanol–water partition coefficient (Wildman–Crippen LogP) is 1.54. The number of benzene rings is 1. The first-order valence-electron chi connectivity index (χ1n) is 7.02. The Balaban J connectivity index is 1.73. The lowest BCUT2D eigenvalue weighted by Gasteiger charge is -2.35. The van der Waals surface area contributed by atoms with Gasteiger partial charge >= 0.3 is 0 Å². The van der Waals surface area contributed by atoms with Crippen LogP contribution in [-0.2, 0) is 6.54 Å². The van der Waals surface area contributed by atoms with E-state index in [9.17, 15) is 0 Å². The van der Waals surface area contributed by atoms with Crippen LogP contribution in [0.2, 0.25) is 0 Å². The molecule has 0 spiro atoms. The van der Waals surface area contributed by atoms with E-state index in [1.807, 2.05) is 0 Å². The summed E-state index contributed by atoms with van der Waals surface area (Å²) in [4.78, 5) is 5.03. The molecule has 1 atom stereocenters. The number of hydrogen-bond donors (Lipinski definition) is 1. The van der Waals surface area contributed by atoms with E-state index in [2.05, 4.69) is 47.1 Å². The molecule has 1 saturated heterocycles. The molecule has 1 heterocycles. The van der Waals surface area contributed by atoms with Crippen molar-refractivity contribution in [3.05, 3.63) is 35.9 Å². The smallest absolute Gasteiger partial charge is 0.0234 e. The van der Waals surface area contributed by atoms with Crippen molar-refractivity contribution in [1.82, 2.24) is 9.80 Å². The molecule has 1 aliphatic rings. The van der Waals surface area contributed by atoms with Crippen molar-refractivity contribution >= 4 is 0 Å². The molecule has 18 heavy (non-hydrogen) atoms. The average Bonchev–Trinajstić information content (AvgIpc) is 2.42. The zero-order valence-corrected chi connectivity index (χ0v) is 11.4. The van der Waals surface area contributed by atoms with E-state index >= 15 is 0 Å².